The van der Waals surface area contributed by atoms with Gasteiger partial charge < -0.3 is 21.1 Å². The van der Waals surface area contributed by atoms with Crippen molar-refractivity contribution in [3.63, 3.8) is 0 Å². The molecule has 0 bridgehead atoms. The zero-order valence-electron chi connectivity index (χ0n) is 21.2. The SMILES string of the molecule is COCCN(C)Cc1ccc2ncc(-c3cnc(Nc4ccc(C(=O)Nc5ccccc5N)cc4)s3)n2c1. The molecule has 0 radical (unpaired) electrons. The fourth-order valence-corrected chi connectivity index (χ4v) is 4.87. The quantitative estimate of drug-likeness (QED) is 0.216. The number of methoxy groups -OCH3 is 1. The minimum Gasteiger partial charge on any atom is -0.397 e. The van der Waals surface area contributed by atoms with Crippen LogP contribution in [0.1, 0.15) is 15.9 Å². The summed E-state index contributed by atoms with van der Waals surface area (Å²) in [5.41, 5.74) is 11.5. The van der Waals surface area contributed by atoms with Gasteiger partial charge in [0.1, 0.15) is 5.65 Å². The number of aromatic nitrogens is 3. The van der Waals surface area contributed by atoms with Gasteiger partial charge in [-0.1, -0.05) is 29.5 Å². The maximum atomic E-state index is 12.6. The molecule has 1 amide bonds. The number of pyridine rings is 1. The van der Waals surface area contributed by atoms with Crippen LogP contribution in [0.3, 0.4) is 0 Å². The van der Waals surface area contributed by atoms with Crippen LogP contribution in [-0.2, 0) is 11.3 Å². The summed E-state index contributed by atoms with van der Waals surface area (Å²) < 4.78 is 7.28. The number of carbonyl (C=O) groups is 1. The number of para-hydroxylation sites is 2. The number of nitrogens with one attached hydrogen (secondary N) is 2. The summed E-state index contributed by atoms with van der Waals surface area (Å²) in [6.45, 7) is 2.38. The van der Waals surface area contributed by atoms with Crippen molar-refractivity contribution in [2.24, 2.45) is 0 Å². The number of likely N-dealkylation sites (N-methyl/N-ethyl adjacent to an activating group) is 1. The second-order valence-electron chi connectivity index (χ2n) is 8.91. The van der Waals surface area contributed by atoms with E-state index in [-0.39, 0.29) is 5.91 Å². The zero-order chi connectivity index (χ0) is 26.5. The Morgan fingerprint density at radius 1 is 1.08 bits per heavy atom. The summed E-state index contributed by atoms with van der Waals surface area (Å²) in [5, 5.41) is 6.91. The molecule has 0 saturated heterocycles. The first-order valence-electron chi connectivity index (χ1n) is 12.1. The molecule has 0 aliphatic heterocycles. The van der Waals surface area contributed by atoms with Crippen molar-refractivity contribution in [3.8, 4) is 10.6 Å². The van der Waals surface area contributed by atoms with Gasteiger partial charge in [-0.25, -0.2) is 9.97 Å². The van der Waals surface area contributed by atoms with E-state index in [1.165, 1.54) is 5.56 Å². The molecule has 3 heterocycles. The number of imidazole rings is 1. The molecule has 10 heteroatoms. The smallest absolute Gasteiger partial charge is 0.255 e. The topological polar surface area (TPSA) is 110 Å². The van der Waals surface area contributed by atoms with Crippen LogP contribution >= 0.6 is 11.3 Å². The fourth-order valence-electron chi connectivity index (χ4n) is 4.02. The highest BCUT2D eigenvalue weighted by Gasteiger charge is 2.12. The average molecular weight is 528 g/mol. The summed E-state index contributed by atoms with van der Waals surface area (Å²) in [5.74, 6) is -0.220. The summed E-state index contributed by atoms with van der Waals surface area (Å²) in [4.78, 5) is 24.9. The Labute approximate surface area is 224 Å². The highest BCUT2D eigenvalue weighted by Crippen LogP contribution is 2.31. The van der Waals surface area contributed by atoms with Crippen LogP contribution in [0.4, 0.5) is 22.2 Å². The van der Waals surface area contributed by atoms with Crippen LogP contribution in [-0.4, -0.2) is 52.5 Å². The number of amides is 1. The van der Waals surface area contributed by atoms with Crippen molar-refractivity contribution in [2.75, 3.05) is 43.7 Å². The van der Waals surface area contributed by atoms with E-state index < -0.39 is 0 Å². The first kappa shape index (κ1) is 25.4. The summed E-state index contributed by atoms with van der Waals surface area (Å²) in [7, 11) is 3.80. The number of anilines is 4. The van der Waals surface area contributed by atoms with Gasteiger partial charge in [0.2, 0.25) is 0 Å². The summed E-state index contributed by atoms with van der Waals surface area (Å²) >= 11 is 1.54. The monoisotopic (exact) mass is 527 g/mol. The van der Waals surface area contributed by atoms with Crippen molar-refractivity contribution >= 4 is 45.1 Å². The first-order valence-corrected chi connectivity index (χ1v) is 12.9. The second-order valence-corrected chi connectivity index (χ2v) is 9.94. The maximum absolute atomic E-state index is 12.6. The average Bonchev–Trinajstić information content (AvgIpc) is 3.55. The molecule has 2 aromatic carbocycles. The van der Waals surface area contributed by atoms with Gasteiger partial charge in [-0.2, -0.15) is 0 Å². The minimum absolute atomic E-state index is 0.220. The van der Waals surface area contributed by atoms with Crippen LogP contribution in [0.15, 0.2) is 79.3 Å². The number of nitrogens with two attached hydrogens (primary N) is 1. The first-order chi connectivity index (χ1) is 18.5. The number of ether oxygens (including phenoxy) is 1. The van der Waals surface area contributed by atoms with Gasteiger partial charge in [0, 0.05) is 43.8 Å². The number of nitrogen functional groups attached to an aromatic ring is 1. The van der Waals surface area contributed by atoms with Crippen molar-refractivity contribution < 1.29 is 9.53 Å². The number of thiazole rings is 1. The number of hydrogen-bond acceptors (Lipinski definition) is 8. The molecule has 0 fully saturated rings. The Balaban J connectivity index is 1.26. The third kappa shape index (κ3) is 5.83. The van der Waals surface area contributed by atoms with E-state index in [0.29, 0.717) is 23.5 Å². The van der Waals surface area contributed by atoms with Gasteiger partial charge >= 0.3 is 0 Å². The molecule has 0 spiro atoms. The zero-order valence-corrected chi connectivity index (χ0v) is 22.0. The van der Waals surface area contributed by atoms with Crippen LogP contribution in [0.25, 0.3) is 16.2 Å². The third-order valence-electron chi connectivity index (χ3n) is 6.06. The largest absolute Gasteiger partial charge is 0.397 e. The van der Waals surface area contributed by atoms with Crippen molar-refractivity contribution in [3.05, 3.63) is 90.4 Å². The van der Waals surface area contributed by atoms with E-state index >= 15 is 0 Å². The Hall–Kier alpha value is -4.25. The van der Waals surface area contributed by atoms with Crippen LogP contribution in [0.2, 0.25) is 0 Å². The molecule has 5 aromatic rings. The Bertz CT molecular complexity index is 1540. The number of rotatable bonds is 10. The normalized spacial score (nSPS) is 11.2. The standard InChI is InChI=1S/C28H29N7O2S/c1-34(13-14-37-2)17-19-7-12-26-30-15-24(35(26)18-19)25-16-31-28(38-25)32-21-10-8-20(9-11-21)27(36)33-23-6-4-3-5-22(23)29/h3-12,15-16,18H,13-14,17,29H2,1-2H3,(H,31,32)(H,33,36). The van der Waals surface area contributed by atoms with Crippen LogP contribution < -0.4 is 16.4 Å². The van der Waals surface area contributed by atoms with E-state index in [1.807, 2.05) is 42.7 Å². The molecule has 5 rings (SSSR count). The van der Waals surface area contributed by atoms with Crippen molar-refractivity contribution in [1.29, 1.82) is 0 Å². The molecular weight excluding hydrogens is 498 g/mol. The maximum Gasteiger partial charge on any atom is 0.255 e. The second kappa shape index (κ2) is 11.4. The molecule has 9 nitrogen and oxygen atoms in total. The lowest BCUT2D eigenvalue weighted by atomic mass is 10.2. The Kier molecular flexibility index (Phi) is 7.64. The van der Waals surface area contributed by atoms with E-state index in [2.05, 4.69) is 49.2 Å². The van der Waals surface area contributed by atoms with Gasteiger partial charge in [0.15, 0.2) is 5.13 Å². The van der Waals surface area contributed by atoms with E-state index in [4.69, 9.17) is 10.5 Å². The predicted molar refractivity (Wildman–Crippen MR) is 153 cm³/mol. The number of fused-ring (bicyclic) bond motifs is 1. The lowest BCUT2D eigenvalue weighted by Crippen LogP contribution is -2.22. The van der Waals surface area contributed by atoms with Crippen LogP contribution in [0.5, 0.6) is 0 Å². The Morgan fingerprint density at radius 3 is 2.68 bits per heavy atom. The third-order valence-corrected chi connectivity index (χ3v) is 7.00. The lowest BCUT2D eigenvalue weighted by Gasteiger charge is -2.16. The van der Waals surface area contributed by atoms with Gasteiger partial charge in [-0.15, -0.1) is 0 Å². The molecule has 0 unspecified atom stereocenters. The number of carbonyl (C=O) groups excluding carboxylic acids is 1. The summed E-state index contributed by atoms with van der Waals surface area (Å²) in [6, 6.07) is 18.6. The Morgan fingerprint density at radius 2 is 1.89 bits per heavy atom. The molecule has 4 N–H and O–H groups in total. The highest BCUT2D eigenvalue weighted by molar-refractivity contribution is 7.18. The van der Waals surface area contributed by atoms with Crippen LogP contribution in [0, 0.1) is 0 Å². The molecule has 0 saturated carbocycles. The number of benzene rings is 2. The van der Waals surface area contributed by atoms with Gasteiger partial charge in [0.05, 0.1) is 34.7 Å². The minimum atomic E-state index is -0.220. The van der Waals surface area contributed by atoms with Crippen molar-refractivity contribution in [1.82, 2.24) is 19.3 Å². The lowest BCUT2D eigenvalue weighted by molar-refractivity contribution is 0.102. The van der Waals surface area contributed by atoms with Gasteiger partial charge in [-0.3, -0.25) is 14.1 Å². The number of hydrogen-bond donors (Lipinski definition) is 3. The van der Waals surface area contributed by atoms with E-state index in [1.54, 1.807) is 42.7 Å². The van der Waals surface area contributed by atoms with Gasteiger partial charge in [-0.05, 0) is 55.1 Å². The molecular formula is C28H29N7O2S. The molecule has 0 atom stereocenters. The molecule has 0 aliphatic rings. The van der Waals surface area contributed by atoms with Gasteiger partial charge in [0.25, 0.3) is 5.91 Å². The predicted octanol–water partition coefficient (Wildman–Crippen LogP) is 5.11. The number of nitrogens with zero attached hydrogens (tertiary/aromatic N) is 4. The van der Waals surface area contributed by atoms with Crippen molar-refractivity contribution in [2.45, 2.75) is 6.54 Å². The molecule has 38 heavy (non-hydrogen) atoms. The molecule has 3 aromatic heterocycles. The van der Waals surface area contributed by atoms with E-state index in [0.717, 1.165) is 40.1 Å². The van der Waals surface area contributed by atoms with E-state index in [9.17, 15) is 4.79 Å². The molecule has 194 valence electrons. The fraction of sp³-hybridized carbons (Fsp3) is 0.179. The summed E-state index contributed by atoms with van der Waals surface area (Å²) in [6.07, 6.45) is 5.85. The molecule has 0 aliphatic carbocycles. The highest BCUT2D eigenvalue weighted by atomic mass is 32.1.